The Bertz CT molecular complexity index is 605. The van der Waals surface area contributed by atoms with Crippen LogP contribution in [-0.2, 0) is 11.8 Å². The second-order valence-electron chi connectivity index (χ2n) is 6.14. The molecule has 0 saturated carbocycles. The predicted octanol–water partition coefficient (Wildman–Crippen LogP) is 3.88. The Balaban J connectivity index is 1.78. The van der Waals surface area contributed by atoms with Gasteiger partial charge in [0.25, 0.3) is 0 Å². The molecular weight excluding hydrogens is 292 g/mol. The zero-order valence-electron chi connectivity index (χ0n) is 13.5. The Morgan fingerprint density at radius 3 is 2.59 bits per heavy atom. The van der Waals surface area contributed by atoms with Crippen molar-refractivity contribution >= 4 is 17.4 Å². The van der Waals surface area contributed by atoms with E-state index >= 15 is 0 Å². The molecule has 1 aromatic carbocycles. The van der Waals surface area contributed by atoms with Crippen LogP contribution in [0.4, 0.5) is 4.79 Å². The monoisotopic (exact) mass is 316 g/mol. The van der Waals surface area contributed by atoms with Crippen molar-refractivity contribution in [2.24, 2.45) is 0 Å². The molecule has 118 valence electrons. The number of carbonyl (C=O) groups excluding carboxylic acids is 1. The fourth-order valence-corrected chi connectivity index (χ4v) is 3.25. The van der Waals surface area contributed by atoms with Crippen LogP contribution in [0.5, 0.6) is 0 Å². The maximum atomic E-state index is 11.9. The summed E-state index contributed by atoms with van der Waals surface area (Å²) in [6, 6.07) is 12.4. The van der Waals surface area contributed by atoms with E-state index in [0.29, 0.717) is 13.1 Å². The number of benzene rings is 1. The van der Waals surface area contributed by atoms with E-state index in [1.54, 1.807) is 11.3 Å². The SMILES string of the molecule is Cc1ccccc1C(C)(C)CNC(=O)NCCc1cccs1. The lowest BCUT2D eigenvalue weighted by Crippen LogP contribution is -2.43. The Labute approximate surface area is 136 Å². The molecule has 0 aliphatic heterocycles. The summed E-state index contributed by atoms with van der Waals surface area (Å²) in [4.78, 5) is 13.2. The molecule has 0 atom stereocenters. The number of rotatable bonds is 6. The first-order valence-electron chi connectivity index (χ1n) is 7.59. The molecule has 2 amide bonds. The highest BCUT2D eigenvalue weighted by molar-refractivity contribution is 7.09. The summed E-state index contributed by atoms with van der Waals surface area (Å²) < 4.78 is 0. The summed E-state index contributed by atoms with van der Waals surface area (Å²) in [6.45, 7) is 7.69. The van der Waals surface area contributed by atoms with Gasteiger partial charge in [-0.1, -0.05) is 44.2 Å². The number of urea groups is 1. The van der Waals surface area contributed by atoms with Crippen LogP contribution in [0.1, 0.15) is 29.9 Å². The van der Waals surface area contributed by atoms with Crippen LogP contribution < -0.4 is 10.6 Å². The van der Waals surface area contributed by atoms with E-state index in [0.717, 1.165) is 6.42 Å². The van der Waals surface area contributed by atoms with Gasteiger partial charge in [0.05, 0.1) is 0 Å². The minimum Gasteiger partial charge on any atom is -0.338 e. The van der Waals surface area contributed by atoms with Crippen molar-refractivity contribution in [1.29, 1.82) is 0 Å². The topological polar surface area (TPSA) is 41.1 Å². The van der Waals surface area contributed by atoms with Gasteiger partial charge in [-0.2, -0.15) is 0 Å². The molecule has 0 spiro atoms. The molecule has 0 bridgehead atoms. The zero-order chi connectivity index (χ0) is 16.0. The van der Waals surface area contributed by atoms with E-state index in [4.69, 9.17) is 0 Å². The molecule has 0 aliphatic carbocycles. The number of thiophene rings is 1. The largest absolute Gasteiger partial charge is 0.338 e. The average molecular weight is 316 g/mol. The highest BCUT2D eigenvalue weighted by atomic mass is 32.1. The van der Waals surface area contributed by atoms with Crippen LogP contribution in [-0.4, -0.2) is 19.1 Å². The lowest BCUT2D eigenvalue weighted by Gasteiger charge is -2.27. The smallest absolute Gasteiger partial charge is 0.314 e. The molecule has 0 unspecified atom stereocenters. The first-order chi connectivity index (χ1) is 10.5. The van der Waals surface area contributed by atoms with Crippen LogP contribution in [0, 0.1) is 6.92 Å². The number of amides is 2. The molecule has 4 heteroatoms. The van der Waals surface area contributed by atoms with Gasteiger partial charge in [0, 0.05) is 23.4 Å². The Morgan fingerprint density at radius 2 is 1.91 bits per heavy atom. The molecule has 3 nitrogen and oxygen atoms in total. The molecule has 0 aliphatic rings. The lowest BCUT2D eigenvalue weighted by molar-refractivity contribution is 0.238. The van der Waals surface area contributed by atoms with E-state index in [1.165, 1.54) is 16.0 Å². The van der Waals surface area contributed by atoms with Crippen LogP contribution in [0.2, 0.25) is 0 Å². The standard InChI is InChI=1S/C18H24N2OS/c1-14-7-4-5-9-16(14)18(2,3)13-20-17(21)19-11-10-15-8-6-12-22-15/h4-9,12H,10-11,13H2,1-3H3,(H2,19,20,21). The summed E-state index contributed by atoms with van der Waals surface area (Å²) in [6.07, 6.45) is 0.881. The first kappa shape index (κ1) is 16.6. The fourth-order valence-electron chi connectivity index (χ4n) is 2.55. The minimum absolute atomic E-state index is 0.0869. The molecule has 0 radical (unpaired) electrons. The third kappa shape index (κ3) is 4.60. The lowest BCUT2D eigenvalue weighted by atomic mass is 9.82. The van der Waals surface area contributed by atoms with E-state index in [1.807, 2.05) is 18.2 Å². The molecular formula is C18H24N2OS. The van der Waals surface area contributed by atoms with E-state index in [2.05, 4.69) is 55.0 Å². The molecule has 2 rings (SSSR count). The second-order valence-corrected chi connectivity index (χ2v) is 7.17. The van der Waals surface area contributed by atoms with Gasteiger partial charge >= 0.3 is 6.03 Å². The summed E-state index contributed by atoms with van der Waals surface area (Å²) in [5, 5.41) is 7.95. The number of hydrogen-bond donors (Lipinski definition) is 2. The molecule has 1 aromatic heterocycles. The van der Waals surface area contributed by atoms with Gasteiger partial charge < -0.3 is 10.6 Å². The van der Waals surface area contributed by atoms with Crippen molar-refractivity contribution < 1.29 is 4.79 Å². The maximum absolute atomic E-state index is 11.9. The normalized spacial score (nSPS) is 11.2. The average Bonchev–Trinajstić information content (AvgIpc) is 2.99. The summed E-state index contributed by atoms with van der Waals surface area (Å²) in [5.74, 6) is 0. The third-order valence-corrected chi connectivity index (χ3v) is 4.74. The number of hydrogen-bond acceptors (Lipinski definition) is 2. The molecule has 0 saturated heterocycles. The second kappa shape index (κ2) is 7.45. The zero-order valence-corrected chi connectivity index (χ0v) is 14.3. The van der Waals surface area contributed by atoms with Crippen molar-refractivity contribution in [1.82, 2.24) is 10.6 Å². The summed E-state index contributed by atoms with van der Waals surface area (Å²) >= 11 is 1.72. The molecule has 22 heavy (non-hydrogen) atoms. The Kier molecular flexibility index (Phi) is 5.61. The van der Waals surface area contributed by atoms with E-state index < -0.39 is 0 Å². The van der Waals surface area contributed by atoms with Gasteiger partial charge in [-0.15, -0.1) is 11.3 Å². The quantitative estimate of drug-likeness (QED) is 0.834. The first-order valence-corrected chi connectivity index (χ1v) is 8.47. The highest BCUT2D eigenvalue weighted by Crippen LogP contribution is 2.25. The molecule has 2 N–H and O–H groups in total. The van der Waals surface area contributed by atoms with E-state index in [9.17, 15) is 4.79 Å². The number of aryl methyl sites for hydroxylation is 1. The van der Waals surface area contributed by atoms with Gasteiger partial charge in [-0.3, -0.25) is 0 Å². The van der Waals surface area contributed by atoms with Gasteiger partial charge in [-0.05, 0) is 35.9 Å². The number of nitrogens with one attached hydrogen (secondary N) is 2. The van der Waals surface area contributed by atoms with Crippen LogP contribution >= 0.6 is 11.3 Å². The molecule has 1 heterocycles. The van der Waals surface area contributed by atoms with Crippen molar-refractivity contribution in [3.63, 3.8) is 0 Å². The molecule has 0 fully saturated rings. The summed E-state index contributed by atoms with van der Waals surface area (Å²) in [7, 11) is 0. The van der Waals surface area contributed by atoms with Gasteiger partial charge in [-0.25, -0.2) is 4.79 Å². The predicted molar refractivity (Wildman–Crippen MR) is 93.6 cm³/mol. The Hall–Kier alpha value is -1.81. The van der Waals surface area contributed by atoms with Crippen molar-refractivity contribution in [2.45, 2.75) is 32.6 Å². The number of carbonyl (C=O) groups is 1. The van der Waals surface area contributed by atoms with Gasteiger partial charge in [0.2, 0.25) is 0 Å². The van der Waals surface area contributed by atoms with Gasteiger partial charge in [0.1, 0.15) is 0 Å². The van der Waals surface area contributed by atoms with Crippen LogP contribution in [0.25, 0.3) is 0 Å². The third-order valence-electron chi connectivity index (χ3n) is 3.80. The fraction of sp³-hybridized carbons (Fsp3) is 0.389. The maximum Gasteiger partial charge on any atom is 0.314 e. The van der Waals surface area contributed by atoms with Crippen LogP contribution in [0.15, 0.2) is 41.8 Å². The van der Waals surface area contributed by atoms with E-state index in [-0.39, 0.29) is 11.4 Å². The van der Waals surface area contributed by atoms with Crippen molar-refractivity contribution in [3.05, 3.63) is 57.8 Å². The Morgan fingerprint density at radius 1 is 1.14 bits per heavy atom. The highest BCUT2D eigenvalue weighted by Gasteiger charge is 2.22. The van der Waals surface area contributed by atoms with Gasteiger partial charge in [0.15, 0.2) is 0 Å². The summed E-state index contributed by atoms with van der Waals surface area (Å²) in [5.41, 5.74) is 2.44. The van der Waals surface area contributed by atoms with Crippen molar-refractivity contribution in [3.8, 4) is 0 Å². The van der Waals surface area contributed by atoms with Crippen molar-refractivity contribution in [2.75, 3.05) is 13.1 Å². The molecule has 2 aromatic rings. The van der Waals surface area contributed by atoms with Crippen LogP contribution in [0.3, 0.4) is 0 Å². The minimum atomic E-state index is -0.0989.